The van der Waals surface area contributed by atoms with E-state index in [-0.39, 0.29) is 5.91 Å². The van der Waals surface area contributed by atoms with Gasteiger partial charge in [-0.1, -0.05) is 18.6 Å². The van der Waals surface area contributed by atoms with Crippen LogP contribution in [0.25, 0.3) is 0 Å². The number of nitrogens with one attached hydrogen (secondary N) is 1. The fourth-order valence-corrected chi connectivity index (χ4v) is 3.43. The molecule has 2 aliphatic rings. The smallest absolute Gasteiger partial charge is 0.221 e. The highest BCUT2D eigenvalue weighted by atomic mass is 16.6. The van der Waals surface area contributed by atoms with Gasteiger partial charge in [-0.25, -0.2) is 0 Å². The first kappa shape index (κ1) is 17.0. The van der Waals surface area contributed by atoms with Gasteiger partial charge in [0.25, 0.3) is 0 Å². The number of rotatable bonds is 6. The van der Waals surface area contributed by atoms with Crippen molar-refractivity contribution < 1.29 is 14.3 Å². The highest BCUT2D eigenvalue weighted by molar-refractivity contribution is 5.76. The molecule has 1 aromatic rings. The largest absolute Gasteiger partial charge is 0.486 e. The van der Waals surface area contributed by atoms with Gasteiger partial charge in [0.1, 0.15) is 13.2 Å². The number of carbonyl (C=O) groups excluding carboxylic acids is 1. The van der Waals surface area contributed by atoms with Crippen LogP contribution in [0.15, 0.2) is 18.2 Å². The normalized spacial score (nSPS) is 20.6. The molecule has 1 unspecified atom stereocenters. The molecule has 0 saturated carbocycles. The van der Waals surface area contributed by atoms with Crippen LogP contribution in [0, 0.1) is 0 Å². The molecule has 3 N–H and O–H groups in total. The van der Waals surface area contributed by atoms with Crippen LogP contribution in [-0.4, -0.2) is 49.7 Å². The van der Waals surface area contributed by atoms with Crippen LogP contribution in [0.4, 0.5) is 0 Å². The minimum absolute atomic E-state index is 0.0387. The monoisotopic (exact) mass is 333 g/mol. The number of fused-ring (bicyclic) bond motifs is 1. The minimum Gasteiger partial charge on any atom is -0.486 e. The van der Waals surface area contributed by atoms with E-state index >= 15 is 0 Å². The molecule has 2 heterocycles. The molecule has 1 aromatic carbocycles. The molecule has 1 fully saturated rings. The van der Waals surface area contributed by atoms with Gasteiger partial charge in [-0.3, -0.25) is 9.69 Å². The zero-order valence-electron chi connectivity index (χ0n) is 14.1. The lowest BCUT2D eigenvalue weighted by Gasteiger charge is -2.36. The van der Waals surface area contributed by atoms with Gasteiger partial charge in [0.05, 0.1) is 0 Å². The average molecular weight is 333 g/mol. The van der Waals surface area contributed by atoms with Crippen molar-refractivity contribution in [2.75, 3.05) is 32.8 Å². The maximum Gasteiger partial charge on any atom is 0.221 e. The number of ether oxygens (including phenoxy) is 2. The van der Waals surface area contributed by atoms with Crippen molar-refractivity contribution in [2.24, 2.45) is 5.73 Å². The number of para-hydroxylation sites is 1. The topological polar surface area (TPSA) is 76.8 Å². The van der Waals surface area contributed by atoms with E-state index in [9.17, 15) is 4.79 Å². The number of nitrogens with two attached hydrogens (primary N) is 1. The number of benzene rings is 1. The van der Waals surface area contributed by atoms with Crippen molar-refractivity contribution >= 4 is 5.91 Å². The van der Waals surface area contributed by atoms with E-state index in [4.69, 9.17) is 15.2 Å². The molecule has 6 nitrogen and oxygen atoms in total. The summed E-state index contributed by atoms with van der Waals surface area (Å²) in [6, 6.07) is 6.44. The van der Waals surface area contributed by atoms with E-state index in [2.05, 4.69) is 16.3 Å². The van der Waals surface area contributed by atoms with Crippen LogP contribution >= 0.6 is 0 Å². The van der Waals surface area contributed by atoms with Gasteiger partial charge >= 0.3 is 0 Å². The first-order valence-corrected chi connectivity index (χ1v) is 8.86. The summed E-state index contributed by atoms with van der Waals surface area (Å²) in [5.74, 6) is 1.75. The second-order valence-corrected chi connectivity index (χ2v) is 6.40. The Hall–Kier alpha value is -1.79. The molecule has 0 spiro atoms. The zero-order chi connectivity index (χ0) is 16.8. The summed E-state index contributed by atoms with van der Waals surface area (Å²) in [4.78, 5) is 14.1. The third kappa shape index (κ3) is 4.19. The molecule has 1 atom stereocenters. The van der Waals surface area contributed by atoms with E-state index in [1.165, 1.54) is 12.8 Å². The molecule has 3 rings (SSSR count). The second kappa shape index (κ2) is 8.35. The predicted octanol–water partition coefficient (Wildman–Crippen LogP) is 1.28. The van der Waals surface area contributed by atoms with Crippen LogP contribution in [0.1, 0.15) is 31.2 Å². The first-order valence-electron chi connectivity index (χ1n) is 8.86. The fraction of sp³-hybridized carbons (Fsp3) is 0.611. The Balaban J connectivity index is 1.65. The Morgan fingerprint density at radius 2 is 2.17 bits per heavy atom. The van der Waals surface area contributed by atoms with Gasteiger partial charge in [-0.05, 0) is 25.5 Å². The number of piperidine rings is 1. The summed E-state index contributed by atoms with van der Waals surface area (Å²) in [5.41, 5.74) is 6.60. The van der Waals surface area contributed by atoms with Gasteiger partial charge in [-0.2, -0.15) is 0 Å². The number of amides is 1. The van der Waals surface area contributed by atoms with Crippen molar-refractivity contribution in [3.8, 4) is 11.5 Å². The van der Waals surface area contributed by atoms with Crippen LogP contribution in [0.2, 0.25) is 0 Å². The van der Waals surface area contributed by atoms with Crippen LogP contribution in [0.3, 0.4) is 0 Å². The summed E-state index contributed by atoms with van der Waals surface area (Å²) < 4.78 is 11.5. The standard InChI is InChI=1S/C18H27N3O3/c19-8-7-17(22)20-12-15-5-1-2-9-21(15)13-14-4-3-6-16-18(14)24-11-10-23-16/h3-4,6,15H,1-2,5,7-13,19H2,(H,20,22). The Labute approximate surface area is 143 Å². The summed E-state index contributed by atoms with van der Waals surface area (Å²) in [5, 5.41) is 3.01. The van der Waals surface area contributed by atoms with Gasteiger partial charge < -0.3 is 20.5 Å². The van der Waals surface area contributed by atoms with Crippen molar-refractivity contribution in [1.82, 2.24) is 10.2 Å². The summed E-state index contributed by atoms with van der Waals surface area (Å²) >= 11 is 0. The van der Waals surface area contributed by atoms with Crippen LogP contribution in [-0.2, 0) is 11.3 Å². The van der Waals surface area contributed by atoms with E-state index in [1.54, 1.807) is 0 Å². The molecule has 132 valence electrons. The molecule has 6 heteroatoms. The SMILES string of the molecule is NCCC(=O)NCC1CCCCN1Cc1cccc2c1OCCO2. The zero-order valence-corrected chi connectivity index (χ0v) is 14.1. The van der Waals surface area contributed by atoms with Crippen molar-refractivity contribution in [3.63, 3.8) is 0 Å². The van der Waals surface area contributed by atoms with Crippen molar-refractivity contribution in [3.05, 3.63) is 23.8 Å². The molecule has 2 aliphatic heterocycles. The van der Waals surface area contributed by atoms with E-state index in [1.807, 2.05) is 12.1 Å². The third-order valence-electron chi connectivity index (χ3n) is 4.68. The highest BCUT2D eigenvalue weighted by Crippen LogP contribution is 2.35. The molecule has 1 saturated heterocycles. The molecule has 0 aromatic heterocycles. The summed E-state index contributed by atoms with van der Waals surface area (Å²) in [6.07, 6.45) is 3.90. The lowest BCUT2D eigenvalue weighted by atomic mass is 10.0. The lowest BCUT2D eigenvalue weighted by Crippen LogP contribution is -2.46. The van der Waals surface area contributed by atoms with Gasteiger partial charge in [0, 0.05) is 37.7 Å². The molecule has 24 heavy (non-hydrogen) atoms. The second-order valence-electron chi connectivity index (χ2n) is 6.40. The fourth-order valence-electron chi connectivity index (χ4n) is 3.43. The molecule has 0 bridgehead atoms. The van der Waals surface area contributed by atoms with Crippen LogP contribution in [0.5, 0.6) is 11.5 Å². The predicted molar refractivity (Wildman–Crippen MR) is 92.2 cm³/mol. The number of hydrogen-bond donors (Lipinski definition) is 2. The summed E-state index contributed by atoms with van der Waals surface area (Å²) in [7, 11) is 0. The Morgan fingerprint density at radius 3 is 3.04 bits per heavy atom. The summed E-state index contributed by atoms with van der Waals surface area (Å²) in [6.45, 7) is 4.16. The Bertz CT molecular complexity index is 564. The molecular weight excluding hydrogens is 306 g/mol. The number of likely N-dealkylation sites (tertiary alicyclic amines) is 1. The van der Waals surface area contributed by atoms with Crippen LogP contribution < -0.4 is 20.5 Å². The Morgan fingerprint density at radius 1 is 1.29 bits per heavy atom. The van der Waals surface area contributed by atoms with Gasteiger partial charge in [-0.15, -0.1) is 0 Å². The average Bonchev–Trinajstić information content (AvgIpc) is 2.61. The molecule has 0 aliphatic carbocycles. The number of nitrogens with zero attached hydrogens (tertiary/aromatic N) is 1. The third-order valence-corrected chi connectivity index (χ3v) is 4.68. The molecular formula is C18H27N3O3. The van der Waals surface area contributed by atoms with E-state index in [0.29, 0.717) is 38.8 Å². The van der Waals surface area contributed by atoms with Crippen molar-refractivity contribution in [1.29, 1.82) is 0 Å². The highest BCUT2D eigenvalue weighted by Gasteiger charge is 2.25. The molecule has 1 amide bonds. The maximum absolute atomic E-state index is 11.7. The number of carbonyl (C=O) groups is 1. The van der Waals surface area contributed by atoms with E-state index in [0.717, 1.165) is 36.6 Å². The number of hydrogen-bond acceptors (Lipinski definition) is 5. The van der Waals surface area contributed by atoms with Gasteiger partial charge in [0.15, 0.2) is 11.5 Å². The van der Waals surface area contributed by atoms with Gasteiger partial charge in [0.2, 0.25) is 5.91 Å². The minimum atomic E-state index is 0.0387. The molecule has 0 radical (unpaired) electrons. The van der Waals surface area contributed by atoms with E-state index < -0.39 is 0 Å². The first-order chi connectivity index (χ1) is 11.8. The maximum atomic E-state index is 11.7. The lowest BCUT2D eigenvalue weighted by molar-refractivity contribution is -0.121. The Kier molecular flexibility index (Phi) is 5.93. The quantitative estimate of drug-likeness (QED) is 0.820. The van der Waals surface area contributed by atoms with Crippen molar-refractivity contribution in [2.45, 2.75) is 38.3 Å².